The van der Waals surface area contributed by atoms with Gasteiger partial charge < -0.3 is 9.30 Å². The van der Waals surface area contributed by atoms with Crippen molar-refractivity contribution in [2.75, 3.05) is 0 Å². The molecule has 0 unspecified atom stereocenters. The molecule has 2 aromatic carbocycles. The molecule has 0 radical (unpaired) electrons. The van der Waals surface area contributed by atoms with Gasteiger partial charge in [-0.25, -0.2) is 4.39 Å². The SMILES string of the molecule is CC[C@H]1O[C@@H](n2cc(Cc3ccc(C4CC4)cc3)c3c(F)cccc32)[C@H](C)[C@@H](C)[C@@H]1C. The van der Waals surface area contributed by atoms with Gasteiger partial charge in [0, 0.05) is 17.5 Å². The van der Waals surface area contributed by atoms with Crippen molar-refractivity contribution in [1.82, 2.24) is 4.57 Å². The van der Waals surface area contributed by atoms with E-state index in [2.05, 4.69) is 62.7 Å². The van der Waals surface area contributed by atoms with E-state index in [-0.39, 0.29) is 18.1 Å². The fraction of sp³-hybridized carbons (Fsp3) is 0.500. The highest BCUT2D eigenvalue weighted by Gasteiger charge is 2.39. The first-order valence-electron chi connectivity index (χ1n) is 12.0. The number of halogens is 1. The van der Waals surface area contributed by atoms with Crippen molar-refractivity contribution in [2.45, 2.75) is 71.6 Å². The first-order valence-corrected chi connectivity index (χ1v) is 12.0. The van der Waals surface area contributed by atoms with E-state index in [4.69, 9.17) is 4.74 Å². The summed E-state index contributed by atoms with van der Waals surface area (Å²) in [7, 11) is 0. The third-order valence-electron chi connectivity index (χ3n) is 7.99. The molecule has 0 spiro atoms. The lowest BCUT2D eigenvalue weighted by atomic mass is 9.77. The molecule has 3 heteroatoms. The van der Waals surface area contributed by atoms with Crippen LogP contribution in [0.25, 0.3) is 10.9 Å². The lowest BCUT2D eigenvalue weighted by molar-refractivity contribution is -0.166. The highest BCUT2D eigenvalue weighted by Crippen LogP contribution is 2.43. The van der Waals surface area contributed by atoms with Gasteiger partial charge in [0.05, 0.1) is 11.6 Å². The van der Waals surface area contributed by atoms with E-state index in [1.54, 1.807) is 6.07 Å². The summed E-state index contributed by atoms with van der Waals surface area (Å²) in [4.78, 5) is 0. The lowest BCUT2D eigenvalue weighted by Crippen LogP contribution is -2.42. The first kappa shape index (κ1) is 20.8. The quantitative estimate of drug-likeness (QED) is 0.418. The number of hydrogen-bond acceptors (Lipinski definition) is 1. The summed E-state index contributed by atoms with van der Waals surface area (Å²) in [5.41, 5.74) is 4.66. The predicted octanol–water partition coefficient (Wildman–Crippen LogP) is 7.46. The van der Waals surface area contributed by atoms with Gasteiger partial charge in [-0.3, -0.25) is 0 Å². The maximum absolute atomic E-state index is 15.0. The summed E-state index contributed by atoms with van der Waals surface area (Å²) >= 11 is 0. The Bertz CT molecular complexity index is 1060. The number of rotatable bonds is 5. The van der Waals surface area contributed by atoms with E-state index in [9.17, 15) is 0 Å². The number of aromatic nitrogens is 1. The molecular formula is C28H34FNO. The number of fused-ring (bicyclic) bond motifs is 1. The van der Waals surface area contributed by atoms with Gasteiger partial charge in [0.2, 0.25) is 0 Å². The Hall–Kier alpha value is -2.13. The average molecular weight is 420 g/mol. The zero-order valence-electron chi connectivity index (χ0n) is 19.1. The molecule has 0 N–H and O–H groups in total. The van der Waals surface area contributed by atoms with Gasteiger partial charge in [-0.1, -0.05) is 58.0 Å². The van der Waals surface area contributed by atoms with Crippen molar-refractivity contribution >= 4 is 10.9 Å². The Labute approximate surface area is 185 Å². The van der Waals surface area contributed by atoms with Gasteiger partial charge in [0.15, 0.2) is 0 Å². The van der Waals surface area contributed by atoms with Crippen LogP contribution >= 0.6 is 0 Å². The predicted molar refractivity (Wildman–Crippen MR) is 125 cm³/mol. The van der Waals surface area contributed by atoms with Crippen molar-refractivity contribution < 1.29 is 9.13 Å². The van der Waals surface area contributed by atoms with E-state index >= 15 is 4.39 Å². The van der Waals surface area contributed by atoms with Crippen molar-refractivity contribution in [3.8, 4) is 0 Å². The zero-order chi connectivity index (χ0) is 21.7. The monoisotopic (exact) mass is 419 g/mol. The fourth-order valence-corrected chi connectivity index (χ4v) is 5.53. The number of ether oxygens (including phenoxy) is 1. The Morgan fingerprint density at radius 2 is 1.71 bits per heavy atom. The Kier molecular flexibility index (Phi) is 5.42. The molecule has 1 saturated carbocycles. The van der Waals surface area contributed by atoms with Crippen molar-refractivity contribution in [2.24, 2.45) is 17.8 Å². The van der Waals surface area contributed by atoms with Gasteiger partial charge in [-0.15, -0.1) is 0 Å². The number of hydrogen-bond donors (Lipinski definition) is 0. The van der Waals surface area contributed by atoms with E-state index in [1.807, 2.05) is 12.1 Å². The smallest absolute Gasteiger partial charge is 0.137 e. The summed E-state index contributed by atoms with van der Waals surface area (Å²) in [6, 6.07) is 14.4. The normalized spacial score (nSPS) is 28.9. The van der Waals surface area contributed by atoms with Crippen LogP contribution < -0.4 is 0 Å². The molecule has 2 nitrogen and oxygen atoms in total. The Morgan fingerprint density at radius 1 is 0.968 bits per heavy atom. The van der Waals surface area contributed by atoms with Crippen LogP contribution in [0.1, 0.15) is 75.8 Å². The van der Waals surface area contributed by atoms with Gasteiger partial charge in [0.25, 0.3) is 0 Å². The van der Waals surface area contributed by atoms with Crippen LogP contribution in [-0.4, -0.2) is 10.7 Å². The molecule has 1 saturated heterocycles. The van der Waals surface area contributed by atoms with E-state index < -0.39 is 0 Å². The molecule has 1 aromatic heterocycles. The van der Waals surface area contributed by atoms with Crippen molar-refractivity contribution in [3.63, 3.8) is 0 Å². The Balaban J connectivity index is 1.53. The number of nitrogens with zero attached hydrogens (tertiary/aromatic N) is 1. The van der Waals surface area contributed by atoms with Gasteiger partial charge in [0.1, 0.15) is 12.0 Å². The van der Waals surface area contributed by atoms with E-state index in [1.165, 1.54) is 24.0 Å². The second-order valence-electron chi connectivity index (χ2n) is 9.94. The highest BCUT2D eigenvalue weighted by atomic mass is 19.1. The summed E-state index contributed by atoms with van der Waals surface area (Å²) < 4.78 is 23.9. The summed E-state index contributed by atoms with van der Waals surface area (Å²) in [5.74, 6) is 2.06. The maximum atomic E-state index is 15.0. The van der Waals surface area contributed by atoms with Gasteiger partial charge in [-0.2, -0.15) is 0 Å². The molecule has 0 bridgehead atoms. The van der Waals surface area contributed by atoms with E-state index in [0.717, 1.165) is 35.2 Å². The van der Waals surface area contributed by atoms with Crippen LogP contribution in [0.5, 0.6) is 0 Å². The summed E-state index contributed by atoms with van der Waals surface area (Å²) in [5, 5.41) is 0.740. The minimum absolute atomic E-state index is 0.0635. The largest absolute Gasteiger partial charge is 0.354 e. The van der Waals surface area contributed by atoms with Crippen LogP contribution in [0, 0.1) is 23.6 Å². The molecule has 164 valence electrons. The number of benzene rings is 2. The molecule has 0 amide bonds. The van der Waals surface area contributed by atoms with Crippen LogP contribution in [0.4, 0.5) is 4.39 Å². The standard InChI is InChI=1S/C28H34FNO/c1-5-26-18(3)17(2)19(4)28(31-26)30-16-23(27-24(29)7-6-8-25(27)30)15-20-9-11-21(12-10-20)22-13-14-22/h6-12,16-19,22,26,28H,5,13-15H2,1-4H3/t17-,18-,19+,26+,28+/m0/s1. The molecule has 2 heterocycles. The second-order valence-corrected chi connectivity index (χ2v) is 9.94. The molecule has 31 heavy (non-hydrogen) atoms. The molecule has 3 aromatic rings. The van der Waals surface area contributed by atoms with E-state index in [0.29, 0.717) is 17.8 Å². The van der Waals surface area contributed by atoms with Gasteiger partial charge in [-0.05, 0) is 72.3 Å². The molecule has 1 aliphatic carbocycles. The van der Waals surface area contributed by atoms with Crippen LogP contribution in [0.3, 0.4) is 0 Å². The average Bonchev–Trinajstić information content (AvgIpc) is 3.56. The molecule has 5 atom stereocenters. The Morgan fingerprint density at radius 3 is 2.39 bits per heavy atom. The molecule has 2 aliphatic rings. The second kappa shape index (κ2) is 8.09. The lowest BCUT2D eigenvalue weighted by Gasteiger charge is -2.44. The van der Waals surface area contributed by atoms with Crippen LogP contribution in [0.15, 0.2) is 48.7 Å². The topological polar surface area (TPSA) is 14.2 Å². The molecule has 2 fully saturated rings. The van der Waals surface area contributed by atoms with Crippen molar-refractivity contribution in [3.05, 3.63) is 71.2 Å². The first-order chi connectivity index (χ1) is 15.0. The fourth-order valence-electron chi connectivity index (χ4n) is 5.53. The molecule has 5 rings (SSSR count). The minimum atomic E-state index is -0.141. The highest BCUT2D eigenvalue weighted by molar-refractivity contribution is 5.85. The third-order valence-corrected chi connectivity index (χ3v) is 7.99. The maximum Gasteiger partial charge on any atom is 0.137 e. The zero-order valence-corrected chi connectivity index (χ0v) is 19.1. The minimum Gasteiger partial charge on any atom is -0.354 e. The van der Waals surface area contributed by atoms with Crippen LogP contribution in [0.2, 0.25) is 0 Å². The van der Waals surface area contributed by atoms with Crippen LogP contribution in [-0.2, 0) is 11.2 Å². The molecular weight excluding hydrogens is 385 g/mol. The third kappa shape index (κ3) is 3.71. The summed E-state index contributed by atoms with van der Waals surface area (Å²) in [6.07, 6.45) is 6.69. The van der Waals surface area contributed by atoms with Gasteiger partial charge >= 0.3 is 0 Å². The summed E-state index contributed by atoms with van der Waals surface area (Å²) in [6.45, 7) is 9.11. The molecule has 1 aliphatic heterocycles. The van der Waals surface area contributed by atoms with Crippen molar-refractivity contribution in [1.29, 1.82) is 0 Å².